The van der Waals surface area contributed by atoms with Crippen LogP contribution in [0.5, 0.6) is 5.75 Å². The third-order valence-corrected chi connectivity index (χ3v) is 3.19. The summed E-state index contributed by atoms with van der Waals surface area (Å²) in [6.07, 6.45) is -1.43. The molecule has 1 aliphatic heterocycles. The minimum Gasteiger partial charge on any atom is -0.497 e. The molecule has 1 unspecified atom stereocenters. The van der Waals surface area contributed by atoms with Gasteiger partial charge < -0.3 is 14.3 Å². The molecule has 0 bridgehead atoms. The third kappa shape index (κ3) is 3.72. The summed E-state index contributed by atoms with van der Waals surface area (Å²) in [5.41, 5.74) is 1.28. The van der Waals surface area contributed by atoms with E-state index in [4.69, 9.17) is 9.57 Å². The molecule has 0 aliphatic carbocycles. The van der Waals surface area contributed by atoms with Crippen molar-refractivity contribution in [2.24, 2.45) is 5.16 Å². The normalized spacial score (nSPS) is 17.6. The molecule has 0 saturated carbocycles. The van der Waals surface area contributed by atoms with Crippen LogP contribution in [0.2, 0.25) is 0 Å². The van der Waals surface area contributed by atoms with Crippen LogP contribution in [-0.2, 0) is 14.4 Å². The SMILES string of the molecule is CCOC(=O)C(F)(F)CC1CC(c2cccc(OC)c2)=NO1. The Labute approximate surface area is 126 Å². The fourth-order valence-electron chi connectivity index (χ4n) is 2.12. The van der Waals surface area contributed by atoms with Crippen LogP contribution < -0.4 is 4.74 Å². The Morgan fingerprint density at radius 1 is 1.50 bits per heavy atom. The van der Waals surface area contributed by atoms with Crippen molar-refractivity contribution >= 4 is 11.7 Å². The molecular weight excluding hydrogens is 296 g/mol. The number of nitrogens with zero attached hydrogens (tertiary/aromatic N) is 1. The summed E-state index contributed by atoms with van der Waals surface area (Å²) < 4.78 is 36.8. The second-order valence-electron chi connectivity index (χ2n) is 4.83. The number of esters is 1. The molecule has 120 valence electrons. The molecular formula is C15H17F2NO4. The molecule has 22 heavy (non-hydrogen) atoms. The lowest BCUT2D eigenvalue weighted by atomic mass is 10.0. The molecule has 0 saturated heterocycles. The smallest absolute Gasteiger partial charge is 0.377 e. The average molecular weight is 313 g/mol. The number of oxime groups is 1. The predicted octanol–water partition coefficient (Wildman–Crippen LogP) is 2.78. The highest BCUT2D eigenvalue weighted by atomic mass is 19.3. The van der Waals surface area contributed by atoms with E-state index in [-0.39, 0.29) is 13.0 Å². The van der Waals surface area contributed by atoms with Crippen molar-refractivity contribution in [2.75, 3.05) is 13.7 Å². The number of carbonyl (C=O) groups is 1. The van der Waals surface area contributed by atoms with Crippen LogP contribution in [0, 0.1) is 0 Å². The molecule has 2 rings (SSSR count). The summed E-state index contributed by atoms with van der Waals surface area (Å²) in [5, 5.41) is 3.83. The van der Waals surface area contributed by atoms with E-state index < -0.39 is 24.4 Å². The number of alkyl halides is 2. The van der Waals surface area contributed by atoms with E-state index in [9.17, 15) is 13.6 Å². The van der Waals surface area contributed by atoms with Crippen molar-refractivity contribution in [1.29, 1.82) is 0 Å². The maximum Gasteiger partial charge on any atom is 0.377 e. The topological polar surface area (TPSA) is 57.1 Å². The molecule has 1 heterocycles. The molecule has 1 aromatic rings. The van der Waals surface area contributed by atoms with Gasteiger partial charge in [-0.2, -0.15) is 8.78 Å². The van der Waals surface area contributed by atoms with Crippen LogP contribution in [0.3, 0.4) is 0 Å². The zero-order valence-corrected chi connectivity index (χ0v) is 12.3. The summed E-state index contributed by atoms with van der Waals surface area (Å²) in [6, 6.07) is 7.08. The number of halogens is 2. The van der Waals surface area contributed by atoms with Crippen molar-refractivity contribution < 1.29 is 27.9 Å². The van der Waals surface area contributed by atoms with Gasteiger partial charge in [-0.3, -0.25) is 0 Å². The number of hydrogen-bond donors (Lipinski definition) is 0. The molecule has 0 radical (unpaired) electrons. The summed E-state index contributed by atoms with van der Waals surface area (Å²) >= 11 is 0. The fraction of sp³-hybridized carbons (Fsp3) is 0.467. The Hall–Kier alpha value is -2.18. The van der Waals surface area contributed by atoms with Crippen LogP contribution >= 0.6 is 0 Å². The summed E-state index contributed by atoms with van der Waals surface area (Å²) in [6.45, 7) is 1.38. The van der Waals surface area contributed by atoms with Gasteiger partial charge in [0.25, 0.3) is 0 Å². The molecule has 1 aromatic carbocycles. The van der Waals surface area contributed by atoms with Crippen LogP contribution in [0.1, 0.15) is 25.3 Å². The first-order chi connectivity index (χ1) is 10.5. The average Bonchev–Trinajstić information content (AvgIpc) is 2.95. The zero-order valence-electron chi connectivity index (χ0n) is 12.3. The minimum atomic E-state index is -3.58. The molecule has 0 fully saturated rings. The van der Waals surface area contributed by atoms with Gasteiger partial charge in [-0.05, 0) is 19.1 Å². The van der Waals surface area contributed by atoms with Gasteiger partial charge in [-0.15, -0.1) is 0 Å². The maximum atomic E-state index is 13.7. The fourth-order valence-corrected chi connectivity index (χ4v) is 2.12. The van der Waals surface area contributed by atoms with Crippen molar-refractivity contribution in [2.45, 2.75) is 31.8 Å². The van der Waals surface area contributed by atoms with Gasteiger partial charge >= 0.3 is 11.9 Å². The first kappa shape index (κ1) is 16.2. The number of ether oxygens (including phenoxy) is 2. The van der Waals surface area contributed by atoms with E-state index in [2.05, 4.69) is 9.89 Å². The number of carbonyl (C=O) groups excluding carboxylic acids is 1. The number of methoxy groups -OCH3 is 1. The van der Waals surface area contributed by atoms with Gasteiger partial charge in [0.1, 0.15) is 11.9 Å². The van der Waals surface area contributed by atoms with Crippen molar-refractivity contribution in [3.63, 3.8) is 0 Å². The van der Waals surface area contributed by atoms with E-state index in [1.165, 1.54) is 14.0 Å². The highest BCUT2D eigenvalue weighted by Gasteiger charge is 2.44. The van der Waals surface area contributed by atoms with Crippen molar-refractivity contribution in [3.8, 4) is 5.75 Å². The molecule has 1 aliphatic rings. The van der Waals surface area contributed by atoms with E-state index in [0.29, 0.717) is 11.5 Å². The first-order valence-electron chi connectivity index (χ1n) is 6.88. The second kappa shape index (κ2) is 6.72. The third-order valence-electron chi connectivity index (χ3n) is 3.19. The summed E-state index contributed by atoms with van der Waals surface area (Å²) in [5.74, 6) is -4.48. The second-order valence-corrected chi connectivity index (χ2v) is 4.83. The summed E-state index contributed by atoms with van der Waals surface area (Å²) in [4.78, 5) is 16.2. The lowest BCUT2D eigenvalue weighted by molar-refractivity contribution is -0.176. The Morgan fingerprint density at radius 2 is 2.27 bits per heavy atom. The Morgan fingerprint density at radius 3 is 2.95 bits per heavy atom. The van der Waals surface area contributed by atoms with Crippen LogP contribution in [0.15, 0.2) is 29.4 Å². The standard InChI is InChI=1S/C15H17F2NO4/c1-3-21-14(19)15(16,17)9-12-8-13(18-22-12)10-5-4-6-11(7-10)20-2/h4-7,12H,3,8-9H2,1-2H3. The van der Waals surface area contributed by atoms with Gasteiger partial charge in [0, 0.05) is 12.0 Å². The largest absolute Gasteiger partial charge is 0.497 e. The van der Waals surface area contributed by atoms with Crippen LogP contribution in [0.4, 0.5) is 8.78 Å². The quantitative estimate of drug-likeness (QED) is 0.758. The molecule has 0 amide bonds. The molecule has 5 nitrogen and oxygen atoms in total. The molecule has 7 heteroatoms. The zero-order chi connectivity index (χ0) is 16.2. The van der Waals surface area contributed by atoms with E-state index in [1.807, 2.05) is 0 Å². The highest BCUT2D eigenvalue weighted by Crippen LogP contribution is 2.29. The lowest BCUT2D eigenvalue weighted by Crippen LogP contribution is -2.35. The van der Waals surface area contributed by atoms with Gasteiger partial charge in [0.15, 0.2) is 0 Å². The van der Waals surface area contributed by atoms with E-state index in [1.54, 1.807) is 24.3 Å². The minimum absolute atomic E-state index is 0.0918. The number of hydrogen-bond acceptors (Lipinski definition) is 5. The first-order valence-corrected chi connectivity index (χ1v) is 6.88. The van der Waals surface area contributed by atoms with Gasteiger partial charge in [-0.25, -0.2) is 4.79 Å². The number of rotatable bonds is 6. The maximum absolute atomic E-state index is 13.7. The van der Waals surface area contributed by atoms with Crippen LogP contribution in [-0.4, -0.2) is 37.4 Å². The molecule has 0 aromatic heterocycles. The Kier molecular flexibility index (Phi) is 4.95. The van der Waals surface area contributed by atoms with Crippen LogP contribution in [0.25, 0.3) is 0 Å². The van der Waals surface area contributed by atoms with Gasteiger partial charge in [0.2, 0.25) is 0 Å². The Bertz CT molecular complexity index is 574. The predicted molar refractivity (Wildman–Crippen MR) is 75.2 cm³/mol. The highest BCUT2D eigenvalue weighted by molar-refractivity contribution is 6.01. The molecule has 0 N–H and O–H groups in total. The number of benzene rings is 1. The molecule has 0 spiro atoms. The van der Waals surface area contributed by atoms with Gasteiger partial charge in [0.05, 0.1) is 25.8 Å². The Balaban J connectivity index is 1.98. The van der Waals surface area contributed by atoms with E-state index >= 15 is 0 Å². The van der Waals surface area contributed by atoms with Gasteiger partial charge in [-0.1, -0.05) is 17.3 Å². The lowest BCUT2D eigenvalue weighted by Gasteiger charge is -2.17. The van der Waals surface area contributed by atoms with E-state index in [0.717, 1.165) is 5.56 Å². The summed E-state index contributed by atoms with van der Waals surface area (Å²) in [7, 11) is 1.54. The van der Waals surface area contributed by atoms with Crippen molar-refractivity contribution in [1.82, 2.24) is 0 Å². The monoisotopic (exact) mass is 313 g/mol. The van der Waals surface area contributed by atoms with Crippen molar-refractivity contribution in [3.05, 3.63) is 29.8 Å². The molecule has 1 atom stereocenters.